The number of benzene rings is 3. The van der Waals surface area contributed by atoms with E-state index in [4.69, 9.17) is 0 Å². The number of hydrogen-bond acceptors (Lipinski definition) is 2. The van der Waals surface area contributed by atoms with Crippen LogP contribution in [0.2, 0.25) is 0 Å². The smallest absolute Gasteiger partial charge is 0.113 e. The van der Waals surface area contributed by atoms with Crippen LogP contribution in [0.1, 0.15) is 29.5 Å². The maximum atomic E-state index is 4.47. The zero-order chi connectivity index (χ0) is 20.3. The van der Waals surface area contributed by atoms with Gasteiger partial charge in [0.2, 0.25) is 0 Å². The van der Waals surface area contributed by atoms with Crippen molar-refractivity contribution in [3.8, 4) is 11.3 Å². The van der Waals surface area contributed by atoms with Gasteiger partial charge in [-0.2, -0.15) is 0 Å². The van der Waals surface area contributed by atoms with Gasteiger partial charge in [-0.1, -0.05) is 101 Å². The molecule has 0 spiro atoms. The summed E-state index contributed by atoms with van der Waals surface area (Å²) in [6, 6.07) is 29.3. The van der Waals surface area contributed by atoms with E-state index in [9.17, 15) is 0 Å². The van der Waals surface area contributed by atoms with Crippen LogP contribution in [-0.4, -0.2) is 15.0 Å². The molecule has 0 radical (unpaired) electrons. The van der Waals surface area contributed by atoms with Crippen molar-refractivity contribution >= 4 is 11.3 Å². The molecule has 1 aromatic heterocycles. The third-order valence-corrected chi connectivity index (χ3v) is 5.43. The van der Waals surface area contributed by atoms with Crippen LogP contribution in [-0.2, 0) is 0 Å². The summed E-state index contributed by atoms with van der Waals surface area (Å²) >= 11 is 0. The molecule has 1 aliphatic rings. The van der Waals surface area contributed by atoms with E-state index in [0.29, 0.717) is 5.92 Å². The summed E-state index contributed by atoms with van der Waals surface area (Å²) < 4.78 is 1.92. The molecule has 0 bridgehead atoms. The van der Waals surface area contributed by atoms with E-state index < -0.39 is 0 Å². The second kappa shape index (κ2) is 7.98. The van der Waals surface area contributed by atoms with Gasteiger partial charge in [-0.05, 0) is 30.9 Å². The Kier molecular flexibility index (Phi) is 4.88. The Labute approximate surface area is 177 Å². The number of aryl methyl sites for hydroxylation is 1. The lowest BCUT2D eigenvalue weighted by atomic mass is 9.98. The van der Waals surface area contributed by atoms with E-state index in [0.717, 1.165) is 33.7 Å². The molecule has 0 aliphatic heterocycles. The van der Waals surface area contributed by atoms with Crippen molar-refractivity contribution in [2.75, 3.05) is 0 Å². The standard InChI is InChI=1S/C27H23N3/c1-20-12-14-23(15-13-20)26-19-30(29-28-26)27(24-16-17-24)18-25(21-8-4-2-5-9-21)22-10-6-3-7-11-22/h2-15,19,24H,16-17H2,1H3. The highest BCUT2D eigenvalue weighted by atomic mass is 15.4. The molecule has 1 fully saturated rings. The fourth-order valence-electron chi connectivity index (χ4n) is 3.59. The van der Waals surface area contributed by atoms with Crippen LogP contribution >= 0.6 is 0 Å². The largest absolute Gasteiger partial charge is 0.216 e. The first-order valence-corrected chi connectivity index (χ1v) is 10.4. The van der Waals surface area contributed by atoms with Gasteiger partial charge in [-0.25, -0.2) is 4.68 Å². The van der Waals surface area contributed by atoms with Gasteiger partial charge in [0.1, 0.15) is 5.69 Å². The number of rotatable bonds is 5. The Morgan fingerprint density at radius 1 is 0.833 bits per heavy atom. The van der Waals surface area contributed by atoms with Crippen molar-refractivity contribution in [3.63, 3.8) is 0 Å². The van der Waals surface area contributed by atoms with Gasteiger partial charge >= 0.3 is 0 Å². The van der Waals surface area contributed by atoms with E-state index in [1.165, 1.54) is 18.4 Å². The second-order valence-corrected chi connectivity index (χ2v) is 7.81. The van der Waals surface area contributed by atoms with Gasteiger partial charge in [0.05, 0.1) is 11.9 Å². The minimum absolute atomic E-state index is 0.472. The van der Waals surface area contributed by atoms with Crippen LogP contribution < -0.4 is 0 Å². The predicted octanol–water partition coefficient (Wildman–Crippen LogP) is 6.24. The summed E-state index contributed by atoms with van der Waals surface area (Å²) in [6.07, 6.45) is 4.36. The van der Waals surface area contributed by atoms with Crippen LogP contribution in [0.4, 0.5) is 0 Å². The van der Waals surface area contributed by atoms with Gasteiger partial charge in [0.15, 0.2) is 0 Å². The summed E-state index contributed by atoms with van der Waals surface area (Å²) in [5, 5.41) is 8.91. The fourth-order valence-corrected chi connectivity index (χ4v) is 3.59. The van der Waals surface area contributed by atoms with Crippen LogP contribution in [0.5, 0.6) is 0 Å². The lowest BCUT2D eigenvalue weighted by molar-refractivity contribution is 0.783. The van der Waals surface area contributed by atoms with Gasteiger partial charge in [0.25, 0.3) is 0 Å². The lowest BCUT2D eigenvalue weighted by Gasteiger charge is -2.08. The molecular weight excluding hydrogens is 366 g/mol. The molecule has 1 saturated carbocycles. The van der Waals surface area contributed by atoms with Crippen molar-refractivity contribution in [2.45, 2.75) is 19.8 Å². The summed E-state index contributed by atoms with van der Waals surface area (Å²) in [6.45, 7) is 2.09. The quantitative estimate of drug-likeness (QED) is 0.379. The average molecular weight is 390 g/mol. The first-order valence-electron chi connectivity index (χ1n) is 10.4. The Balaban J connectivity index is 1.65. The minimum atomic E-state index is 0.472. The zero-order valence-corrected chi connectivity index (χ0v) is 17.0. The SMILES string of the molecule is Cc1ccc(-c2cn(C(=C=C(c3ccccc3)c3ccccc3)C3CC3)nn2)cc1. The molecule has 1 heterocycles. The molecule has 0 saturated heterocycles. The van der Waals surface area contributed by atoms with Crippen molar-refractivity contribution in [3.05, 3.63) is 114 Å². The first-order chi connectivity index (χ1) is 14.8. The molecular formula is C27H23N3. The maximum absolute atomic E-state index is 4.47. The Hall–Kier alpha value is -3.68. The average Bonchev–Trinajstić information content (AvgIpc) is 3.52. The van der Waals surface area contributed by atoms with Crippen molar-refractivity contribution in [1.29, 1.82) is 0 Å². The Bertz CT molecular complexity index is 1170. The molecule has 0 N–H and O–H groups in total. The van der Waals surface area contributed by atoms with Crippen LogP contribution in [0, 0.1) is 12.8 Å². The highest BCUT2D eigenvalue weighted by molar-refractivity contribution is 5.82. The summed E-state index contributed by atoms with van der Waals surface area (Å²) in [7, 11) is 0. The molecule has 30 heavy (non-hydrogen) atoms. The van der Waals surface area contributed by atoms with Crippen molar-refractivity contribution in [2.24, 2.45) is 5.92 Å². The van der Waals surface area contributed by atoms with Gasteiger partial charge < -0.3 is 0 Å². The molecule has 3 aromatic carbocycles. The van der Waals surface area contributed by atoms with Gasteiger partial charge in [-0.3, -0.25) is 0 Å². The normalized spacial score (nSPS) is 13.0. The molecule has 5 rings (SSSR count). The van der Waals surface area contributed by atoms with E-state index in [-0.39, 0.29) is 0 Å². The summed E-state index contributed by atoms with van der Waals surface area (Å²) in [5.74, 6) is 0.472. The maximum Gasteiger partial charge on any atom is 0.113 e. The van der Waals surface area contributed by atoms with E-state index in [1.807, 2.05) is 23.0 Å². The predicted molar refractivity (Wildman–Crippen MR) is 122 cm³/mol. The highest BCUT2D eigenvalue weighted by Crippen LogP contribution is 2.39. The molecule has 0 amide bonds. The molecule has 0 atom stereocenters. The summed E-state index contributed by atoms with van der Waals surface area (Å²) in [5.41, 5.74) is 11.4. The zero-order valence-electron chi connectivity index (χ0n) is 17.0. The van der Waals surface area contributed by atoms with Gasteiger partial charge in [0, 0.05) is 17.1 Å². The van der Waals surface area contributed by atoms with Crippen molar-refractivity contribution < 1.29 is 0 Å². The van der Waals surface area contributed by atoms with E-state index in [1.54, 1.807) is 0 Å². The molecule has 4 aromatic rings. The number of aromatic nitrogens is 3. The monoisotopic (exact) mass is 389 g/mol. The third kappa shape index (κ3) is 3.89. The number of hydrogen-bond donors (Lipinski definition) is 0. The third-order valence-electron chi connectivity index (χ3n) is 5.43. The summed E-state index contributed by atoms with van der Waals surface area (Å²) in [4.78, 5) is 0. The molecule has 3 nitrogen and oxygen atoms in total. The second-order valence-electron chi connectivity index (χ2n) is 7.81. The lowest BCUT2D eigenvalue weighted by Crippen LogP contribution is -2.00. The minimum Gasteiger partial charge on any atom is -0.216 e. The Morgan fingerprint density at radius 3 is 2.00 bits per heavy atom. The van der Waals surface area contributed by atoms with Crippen LogP contribution in [0.15, 0.2) is 96.9 Å². The number of allylic oxidation sites excluding steroid dienone is 1. The molecule has 1 aliphatic carbocycles. The van der Waals surface area contributed by atoms with E-state index in [2.05, 4.69) is 95.8 Å². The topological polar surface area (TPSA) is 30.7 Å². The van der Waals surface area contributed by atoms with Gasteiger partial charge in [-0.15, -0.1) is 5.10 Å². The molecule has 3 heteroatoms. The van der Waals surface area contributed by atoms with E-state index >= 15 is 0 Å². The number of nitrogens with zero attached hydrogens (tertiary/aromatic N) is 3. The van der Waals surface area contributed by atoms with Crippen LogP contribution in [0.3, 0.4) is 0 Å². The Morgan fingerprint density at radius 2 is 1.43 bits per heavy atom. The molecule has 146 valence electrons. The van der Waals surface area contributed by atoms with Crippen molar-refractivity contribution in [1.82, 2.24) is 15.0 Å². The molecule has 0 unspecified atom stereocenters. The highest BCUT2D eigenvalue weighted by Gasteiger charge is 2.28. The van der Waals surface area contributed by atoms with Crippen LogP contribution in [0.25, 0.3) is 22.5 Å². The fraction of sp³-hybridized carbons (Fsp3) is 0.148. The first kappa shape index (κ1) is 18.4.